The molecule has 1 aliphatic carbocycles. The molecule has 1 amide bonds. The smallest absolute Gasteiger partial charge is 0.328 e. The number of nitrogens with zero attached hydrogens (tertiary/aromatic N) is 2. The lowest BCUT2D eigenvalue weighted by atomic mass is 9.79. The summed E-state index contributed by atoms with van der Waals surface area (Å²) in [5.41, 5.74) is 5.26. The number of carbonyl (C=O) groups excluding carboxylic acids is 1. The van der Waals surface area contributed by atoms with Gasteiger partial charge in [-0.25, -0.2) is 9.59 Å². The van der Waals surface area contributed by atoms with E-state index in [2.05, 4.69) is 66.2 Å². The van der Waals surface area contributed by atoms with Gasteiger partial charge in [-0.05, 0) is 49.1 Å². The monoisotopic (exact) mass is 495 g/mol. The summed E-state index contributed by atoms with van der Waals surface area (Å²) in [5.74, 6) is -2.24. The lowest BCUT2D eigenvalue weighted by Gasteiger charge is -2.40. The van der Waals surface area contributed by atoms with E-state index in [1.807, 2.05) is 0 Å². The Balaban J connectivity index is 0.000000392. The standard InChI is InChI=1S/C24H33N3O.C4H4O4/c1-4-6-11-27(12-7-5-2)24(28)18-13-20-19-9-8-10-21-23(19)17(15-25-21)14-22(20)26(3)16-18;5-3(6)1-2-4(7)8/h8-10,13,15,18,22,25H,4-7,11-12,14,16H2,1-3H3;1-2H,(H,5,6)(H,7,8)/b;2-1-/t18-,22-;/m1./s1. The Hall–Kier alpha value is -3.39. The van der Waals surface area contributed by atoms with Gasteiger partial charge in [-0.2, -0.15) is 0 Å². The maximum Gasteiger partial charge on any atom is 0.328 e. The molecular weight excluding hydrogens is 458 g/mol. The number of rotatable bonds is 9. The number of fused-ring (bicyclic) bond motifs is 2. The van der Waals surface area contributed by atoms with Crippen LogP contribution in [0.2, 0.25) is 0 Å². The van der Waals surface area contributed by atoms with E-state index < -0.39 is 11.9 Å². The predicted octanol–water partition coefficient (Wildman–Crippen LogP) is 4.18. The van der Waals surface area contributed by atoms with Gasteiger partial charge in [0.1, 0.15) is 0 Å². The molecule has 4 rings (SSSR count). The van der Waals surface area contributed by atoms with E-state index in [1.165, 1.54) is 27.6 Å². The van der Waals surface area contributed by atoms with Gasteiger partial charge >= 0.3 is 11.9 Å². The number of amides is 1. The molecule has 0 bridgehead atoms. The molecule has 0 saturated heterocycles. The fourth-order valence-corrected chi connectivity index (χ4v) is 5.01. The second-order valence-corrected chi connectivity index (χ2v) is 9.47. The lowest BCUT2D eigenvalue weighted by molar-refractivity contribution is -0.135. The minimum Gasteiger partial charge on any atom is -0.478 e. The van der Waals surface area contributed by atoms with Crippen molar-refractivity contribution < 1.29 is 24.6 Å². The number of aromatic nitrogens is 1. The molecule has 8 nitrogen and oxygen atoms in total. The highest BCUT2D eigenvalue weighted by Crippen LogP contribution is 2.41. The van der Waals surface area contributed by atoms with Crippen LogP contribution in [0.1, 0.15) is 50.7 Å². The zero-order valence-corrected chi connectivity index (χ0v) is 21.4. The summed E-state index contributed by atoms with van der Waals surface area (Å²) in [5, 5.41) is 17.0. The summed E-state index contributed by atoms with van der Waals surface area (Å²) in [7, 11) is 2.18. The van der Waals surface area contributed by atoms with E-state index in [4.69, 9.17) is 10.2 Å². The molecule has 2 aromatic rings. The van der Waals surface area contributed by atoms with E-state index in [0.717, 1.165) is 51.7 Å². The van der Waals surface area contributed by atoms with E-state index >= 15 is 0 Å². The molecule has 2 atom stereocenters. The number of hydrogen-bond acceptors (Lipinski definition) is 4. The maximum atomic E-state index is 13.4. The van der Waals surface area contributed by atoms with Crippen molar-refractivity contribution in [2.24, 2.45) is 5.92 Å². The Bertz CT molecular complexity index is 1130. The molecule has 8 heteroatoms. The maximum absolute atomic E-state index is 13.4. The number of carbonyl (C=O) groups is 3. The largest absolute Gasteiger partial charge is 0.478 e. The zero-order valence-electron chi connectivity index (χ0n) is 21.4. The average molecular weight is 496 g/mol. The molecule has 194 valence electrons. The number of H-pyrrole nitrogens is 1. The highest BCUT2D eigenvalue weighted by molar-refractivity contribution is 5.99. The number of aromatic amines is 1. The molecule has 1 aromatic carbocycles. The van der Waals surface area contributed by atoms with Gasteiger partial charge in [0.15, 0.2) is 0 Å². The topological polar surface area (TPSA) is 114 Å². The van der Waals surface area contributed by atoms with Gasteiger partial charge in [-0.1, -0.05) is 44.9 Å². The van der Waals surface area contributed by atoms with E-state index in [9.17, 15) is 14.4 Å². The summed E-state index contributed by atoms with van der Waals surface area (Å²) < 4.78 is 0. The molecule has 0 spiro atoms. The van der Waals surface area contributed by atoms with Crippen LogP contribution < -0.4 is 0 Å². The first kappa shape index (κ1) is 27.2. The number of nitrogens with one attached hydrogen (secondary N) is 1. The van der Waals surface area contributed by atoms with E-state index in [1.54, 1.807) is 0 Å². The van der Waals surface area contributed by atoms with Crippen molar-refractivity contribution in [1.29, 1.82) is 0 Å². The number of benzene rings is 1. The molecule has 0 saturated carbocycles. The zero-order chi connectivity index (χ0) is 26.2. The van der Waals surface area contributed by atoms with Crippen LogP contribution in [0.3, 0.4) is 0 Å². The van der Waals surface area contributed by atoms with Crippen molar-refractivity contribution >= 4 is 34.3 Å². The molecule has 3 N–H and O–H groups in total. The van der Waals surface area contributed by atoms with Crippen LogP contribution in [-0.4, -0.2) is 75.6 Å². The first-order chi connectivity index (χ1) is 17.3. The van der Waals surface area contributed by atoms with Crippen LogP contribution in [0.25, 0.3) is 16.5 Å². The third kappa shape index (κ3) is 6.43. The number of aliphatic carboxylic acids is 2. The number of carboxylic acid groups (broad SMARTS) is 2. The van der Waals surface area contributed by atoms with Crippen molar-refractivity contribution in [3.63, 3.8) is 0 Å². The third-order valence-electron chi connectivity index (χ3n) is 6.83. The molecule has 0 unspecified atom stereocenters. The van der Waals surface area contributed by atoms with E-state index in [-0.39, 0.29) is 5.92 Å². The third-order valence-corrected chi connectivity index (χ3v) is 6.83. The Kier molecular flexibility index (Phi) is 9.47. The fourth-order valence-electron chi connectivity index (χ4n) is 5.01. The summed E-state index contributed by atoms with van der Waals surface area (Å²) in [6, 6.07) is 6.87. The van der Waals surface area contributed by atoms with Crippen molar-refractivity contribution in [3.8, 4) is 0 Å². The van der Waals surface area contributed by atoms with Crippen LogP contribution >= 0.6 is 0 Å². The van der Waals surface area contributed by atoms with Crippen molar-refractivity contribution in [3.05, 3.63) is 53.8 Å². The first-order valence-electron chi connectivity index (χ1n) is 12.7. The Morgan fingerprint density at radius 1 is 1.08 bits per heavy atom. The Morgan fingerprint density at radius 2 is 1.72 bits per heavy atom. The van der Waals surface area contributed by atoms with Crippen LogP contribution in [0.15, 0.2) is 42.6 Å². The van der Waals surface area contributed by atoms with Crippen molar-refractivity contribution in [2.45, 2.75) is 52.0 Å². The van der Waals surface area contributed by atoms with Gasteiger partial charge in [0.2, 0.25) is 5.91 Å². The molecule has 2 heterocycles. The Morgan fingerprint density at radius 3 is 2.31 bits per heavy atom. The number of hydrogen-bond donors (Lipinski definition) is 3. The molecular formula is C28H37N3O5. The molecule has 0 radical (unpaired) electrons. The quantitative estimate of drug-likeness (QED) is 0.450. The molecule has 36 heavy (non-hydrogen) atoms. The number of carboxylic acids is 2. The van der Waals surface area contributed by atoms with E-state index in [0.29, 0.717) is 24.1 Å². The summed E-state index contributed by atoms with van der Waals surface area (Å²) >= 11 is 0. The number of unbranched alkanes of at least 4 members (excludes halogenated alkanes) is 2. The molecule has 1 aliphatic heterocycles. The highest BCUT2D eigenvalue weighted by atomic mass is 16.4. The van der Waals surface area contributed by atoms with Crippen LogP contribution in [-0.2, 0) is 20.8 Å². The van der Waals surface area contributed by atoms with Gasteiger partial charge in [-0.15, -0.1) is 0 Å². The predicted molar refractivity (Wildman–Crippen MR) is 141 cm³/mol. The highest BCUT2D eigenvalue weighted by Gasteiger charge is 2.36. The number of likely N-dealkylation sites (N-methyl/N-ethyl adjacent to an activating group) is 1. The fraction of sp³-hybridized carbons (Fsp3) is 0.464. The second-order valence-electron chi connectivity index (χ2n) is 9.47. The summed E-state index contributed by atoms with van der Waals surface area (Å²) in [6.07, 6.45) is 11.0. The SMILES string of the molecule is CCCCN(CCCC)C(=O)[C@@H]1C=C2c3cccc4[nH]cc(c34)C[C@H]2N(C)C1.O=C(O)/C=C\C(=O)O. The second kappa shape index (κ2) is 12.5. The van der Waals surface area contributed by atoms with Crippen LogP contribution in [0.4, 0.5) is 0 Å². The van der Waals surface area contributed by atoms with Gasteiger partial charge < -0.3 is 20.1 Å². The molecule has 0 fully saturated rings. The average Bonchev–Trinajstić information content (AvgIpc) is 3.27. The van der Waals surface area contributed by atoms with Crippen LogP contribution in [0.5, 0.6) is 0 Å². The Labute approximate surface area is 212 Å². The lowest BCUT2D eigenvalue weighted by Crippen LogP contribution is -2.48. The van der Waals surface area contributed by atoms with Gasteiger partial charge in [0, 0.05) is 54.9 Å². The first-order valence-corrected chi connectivity index (χ1v) is 12.7. The van der Waals surface area contributed by atoms with Crippen molar-refractivity contribution in [1.82, 2.24) is 14.8 Å². The molecule has 1 aromatic heterocycles. The molecule has 2 aliphatic rings. The van der Waals surface area contributed by atoms with Gasteiger partial charge in [0.25, 0.3) is 0 Å². The minimum absolute atomic E-state index is 0.0410. The minimum atomic E-state index is -1.26. The van der Waals surface area contributed by atoms with Crippen LogP contribution in [0, 0.1) is 5.92 Å². The normalized spacial score (nSPS) is 18.8. The summed E-state index contributed by atoms with van der Waals surface area (Å²) in [6.45, 7) is 6.98. The van der Waals surface area contributed by atoms with Gasteiger partial charge in [-0.3, -0.25) is 9.69 Å². The summed E-state index contributed by atoms with van der Waals surface area (Å²) in [4.78, 5) is 40.5. The van der Waals surface area contributed by atoms with Crippen molar-refractivity contribution in [2.75, 3.05) is 26.7 Å². The van der Waals surface area contributed by atoms with Gasteiger partial charge in [0.05, 0.1) is 5.92 Å².